The molecule has 4 aromatic heterocycles. The van der Waals surface area contributed by atoms with E-state index in [0.717, 1.165) is 29.0 Å². The van der Waals surface area contributed by atoms with Gasteiger partial charge in [-0.2, -0.15) is 18.3 Å². The number of aromatic nitrogens is 4. The topological polar surface area (TPSA) is 52.3 Å². The molecule has 0 spiro atoms. The summed E-state index contributed by atoms with van der Waals surface area (Å²) in [5, 5.41) is 4.38. The molecule has 0 aliphatic rings. The van der Waals surface area contributed by atoms with Gasteiger partial charge in [0, 0.05) is 6.20 Å². The average Bonchev–Trinajstić information content (AvgIpc) is 3.03. The number of hydrogen-bond donors (Lipinski definition) is 0. The Hall–Kier alpha value is -3.42. The van der Waals surface area contributed by atoms with Gasteiger partial charge in [-0.05, 0) is 48.9 Å². The first kappa shape index (κ1) is 17.0. The lowest BCUT2D eigenvalue weighted by atomic mass is 10.1. The van der Waals surface area contributed by atoms with E-state index >= 15 is 0 Å². The highest BCUT2D eigenvalue weighted by Gasteiger charge is 2.32. The molecule has 0 unspecified atom stereocenters. The van der Waals surface area contributed by atoms with Crippen molar-refractivity contribution in [3.8, 4) is 22.9 Å². The number of hydrogen-bond acceptors (Lipinski definition) is 4. The first-order valence-electron chi connectivity index (χ1n) is 8.03. The monoisotopic (exact) mass is 370 g/mol. The molecule has 0 radical (unpaired) electrons. The largest absolute Gasteiger partial charge is 0.437 e. The zero-order valence-corrected chi connectivity index (χ0v) is 14.1. The van der Waals surface area contributed by atoms with Crippen molar-refractivity contribution in [2.24, 2.45) is 0 Å². The van der Waals surface area contributed by atoms with Crippen LogP contribution in [0.3, 0.4) is 0 Å². The van der Waals surface area contributed by atoms with E-state index in [1.54, 1.807) is 23.0 Å². The molecule has 4 rings (SSSR count). The molecule has 8 heteroatoms. The summed E-state index contributed by atoms with van der Waals surface area (Å²) in [6.07, 6.45) is -0.164. The highest BCUT2D eigenvalue weighted by Crippen LogP contribution is 2.33. The predicted molar refractivity (Wildman–Crippen MR) is 92.5 cm³/mol. The summed E-state index contributed by atoms with van der Waals surface area (Å²) in [6, 6.07) is 11.4. The van der Waals surface area contributed by atoms with E-state index in [-0.39, 0.29) is 11.6 Å². The second-order valence-electron chi connectivity index (χ2n) is 5.87. The fourth-order valence-corrected chi connectivity index (χ4v) is 2.73. The van der Waals surface area contributed by atoms with Gasteiger partial charge in [0.1, 0.15) is 11.4 Å². The van der Waals surface area contributed by atoms with Crippen LogP contribution in [-0.4, -0.2) is 19.6 Å². The maximum absolute atomic E-state index is 12.7. The number of fused-ring (bicyclic) bond motifs is 1. The van der Waals surface area contributed by atoms with Crippen LogP contribution in [0.1, 0.15) is 11.3 Å². The van der Waals surface area contributed by atoms with Crippen LogP contribution in [0.5, 0.6) is 11.6 Å². The van der Waals surface area contributed by atoms with E-state index in [4.69, 9.17) is 4.74 Å². The quantitative estimate of drug-likeness (QED) is 0.514. The minimum absolute atomic E-state index is 0.159. The van der Waals surface area contributed by atoms with Crippen LogP contribution in [0.4, 0.5) is 13.2 Å². The Balaban J connectivity index is 1.73. The molecule has 0 fully saturated rings. The summed E-state index contributed by atoms with van der Waals surface area (Å²) < 4.78 is 45.4. The summed E-state index contributed by atoms with van der Waals surface area (Å²) in [7, 11) is 0. The van der Waals surface area contributed by atoms with Crippen molar-refractivity contribution in [1.82, 2.24) is 19.6 Å². The number of ether oxygens (including phenoxy) is 1. The van der Waals surface area contributed by atoms with Crippen molar-refractivity contribution in [3.05, 3.63) is 72.3 Å². The Kier molecular flexibility index (Phi) is 4.02. The van der Waals surface area contributed by atoms with Gasteiger partial charge in [-0.25, -0.2) is 14.5 Å². The first-order valence-corrected chi connectivity index (χ1v) is 8.03. The van der Waals surface area contributed by atoms with Crippen molar-refractivity contribution in [2.75, 3.05) is 0 Å². The highest BCUT2D eigenvalue weighted by atomic mass is 19.4. The predicted octanol–water partition coefficient (Wildman–Crippen LogP) is 4.91. The van der Waals surface area contributed by atoms with Crippen molar-refractivity contribution >= 4 is 5.52 Å². The van der Waals surface area contributed by atoms with Crippen molar-refractivity contribution < 1.29 is 17.9 Å². The van der Waals surface area contributed by atoms with Gasteiger partial charge < -0.3 is 4.74 Å². The SMILES string of the molecule is Cc1cnn2c(-c3cccnc3Oc3ccc(C(F)(F)F)nc3)cccc12. The van der Waals surface area contributed by atoms with E-state index in [1.807, 2.05) is 31.2 Å². The van der Waals surface area contributed by atoms with E-state index < -0.39 is 11.9 Å². The first-order chi connectivity index (χ1) is 12.9. The number of halogens is 3. The summed E-state index contributed by atoms with van der Waals surface area (Å²) in [4.78, 5) is 7.63. The summed E-state index contributed by atoms with van der Waals surface area (Å²) in [5.41, 5.74) is 2.40. The number of alkyl halides is 3. The summed E-state index contributed by atoms with van der Waals surface area (Å²) >= 11 is 0. The average molecular weight is 370 g/mol. The van der Waals surface area contributed by atoms with Gasteiger partial charge in [-0.15, -0.1) is 0 Å². The number of pyridine rings is 3. The summed E-state index contributed by atoms with van der Waals surface area (Å²) in [5.74, 6) is 0.409. The van der Waals surface area contributed by atoms with E-state index in [1.165, 1.54) is 6.07 Å². The molecule has 27 heavy (non-hydrogen) atoms. The molecule has 0 aromatic carbocycles. The number of nitrogens with zero attached hydrogens (tertiary/aromatic N) is 4. The minimum Gasteiger partial charge on any atom is -0.437 e. The Labute approximate surface area is 152 Å². The molecule has 4 heterocycles. The lowest BCUT2D eigenvalue weighted by Gasteiger charge is -2.12. The zero-order valence-electron chi connectivity index (χ0n) is 14.1. The van der Waals surface area contributed by atoms with Gasteiger partial charge in [0.2, 0.25) is 5.88 Å². The molecule has 0 aliphatic carbocycles. The molecule has 0 aliphatic heterocycles. The van der Waals surface area contributed by atoms with Crippen LogP contribution in [0.15, 0.2) is 61.1 Å². The lowest BCUT2D eigenvalue weighted by Crippen LogP contribution is -2.07. The van der Waals surface area contributed by atoms with Gasteiger partial charge in [0.15, 0.2) is 0 Å². The second kappa shape index (κ2) is 6.39. The molecule has 0 atom stereocenters. The molecule has 0 saturated heterocycles. The Morgan fingerprint density at radius 3 is 2.56 bits per heavy atom. The van der Waals surface area contributed by atoms with Crippen LogP contribution in [-0.2, 0) is 6.18 Å². The Morgan fingerprint density at radius 1 is 0.963 bits per heavy atom. The molecule has 0 amide bonds. The minimum atomic E-state index is -4.50. The number of aryl methyl sites for hydroxylation is 1. The van der Waals surface area contributed by atoms with Crippen molar-refractivity contribution in [3.63, 3.8) is 0 Å². The van der Waals surface area contributed by atoms with Gasteiger partial charge >= 0.3 is 6.18 Å². The Morgan fingerprint density at radius 2 is 1.81 bits per heavy atom. The molecule has 4 aromatic rings. The third-order valence-corrected chi connectivity index (χ3v) is 4.02. The lowest BCUT2D eigenvalue weighted by molar-refractivity contribution is -0.141. The Bertz CT molecular complexity index is 1100. The van der Waals surface area contributed by atoms with Crippen molar-refractivity contribution in [2.45, 2.75) is 13.1 Å². The molecule has 5 nitrogen and oxygen atoms in total. The molecule has 0 saturated carbocycles. The molecule has 136 valence electrons. The number of rotatable bonds is 3. The van der Waals surface area contributed by atoms with Crippen LogP contribution < -0.4 is 4.74 Å². The summed E-state index contributed by atoms with van der Waals surface area (Å²) in [6.45, 7) is 1.96. The maximum atomic E-state index is 12.7. The van der Waals surface area contributed by atoms with Crippen LogP contribution in [0.25, 0.3) is 16.8 Å². The van der Waals surface area contributed by atoms with Gasteiger partial charge in [0.25, 0.3) is 0 Å². The maximum Gasteiger partial charge on any atom is 0.433 e. The van der Waals surface area contributed by atoms with Crippen molar-refractivity contribution in [1.29, 1.82) is 0 Å². The molecular formula is C19H13F3N4O. The smallest absolute Gasteiger partial charge is 0.433 e. The third-order valence-electron chi connectivity index (χ3n) is 4.02. The van der Waals surface area contributed by atoms with E-state index in [9.17, 15) is 13.2 Å². The third kappa shape index (κ3) is 3.21. The van der Waals surface area contributed by atoms with Crippen LogP contribution >= 0.6 is 0 Å². The normalized spacial score (nSPS) is 11.7. The van der Waals surface area contributed by atoms with Gasteiger partial charge in [0.05, 0.1) is 29.2 Å². The van der Waals surface area contributed by atoms with E-state index in [0.29, 0.717) is 5.56 Å². The van der Waals surface area contributed by atoms with Crippen LogP contribution in [0, 0.1) is 6.92 Å². The highest BCUT2D eigenvalue weighted by molar-refractivity contribution is 5.70. The second-order valence-corrected chi connectivity index (χ2v) is 5.87. The standard InChI is InChI=1S/C19H13F3N4O/c1-12-10-25-26-15(12)5-2-6-16(26)14-4-3-9-23-18(14)27-13-7-8-17(24-11-13)19(20,21)22/h2-11H,1H3. The van der Waals surface area contributed by atoms with Gasteiger partial charge in [-0.3, -0.25) is 0 Å². The fourth-order valence-electron chi connectivity index (χ4n) is 2.73. The molecule has 0 N–H and O–H groups in total. The fraction of sp³-hybridized carbons (Fsp3) is 0.105. The zero-order chi connectivity index (χ0) is 19.0. The van der Waals surface area contributed by atoms with Crippen LogP contribution in [0.2, 0.25) is 0 Å². The van der Waals surface area contributed by atoms with E-state index in [2.05, 4.69) is 15.1 Å². The molecular weight excluding hydrogens is 357 g/mol. The van der Waals surface area contributed by atoms with Gasteiger partial charge in [-0.1, -0.05) is 6.07 Å². The molecule has 0 bridgehead atoms.